The zero-order chi connectivity index (χ0) is 9.84. The topological polar surface area (TPSA) is 78.8 Å². The van der Waals surface area contributed by atoms with Crippen molar-refractivity contribution in [1.29, 1.82) is 0 Å². The number of anilines is 1. The number of ether oxygens (including phenoxy) is 1. The summed E-state index contributed by atoms with van der Waals surface area (Å²) in [6.07, 6.45) is -1.23. The molecule has 13 heavy (non-hydrogen) atoms. The molecule has 5 heteroatoms. The van der Waals surface area contributed by atoms with Gasteiger partial charge in [0.25, 0.3) is 0 Å². The summed E-state index contributed by atoms with van der Waals surface area (Å²) in [6.45, 7) is 0. The second kappa shape index (κ2) is 3.66. The molecule has 3 N–H and O–H groups in total. The van der Waals surface area contributed by atoms with E-state index >= 15 is 0 Å². The SMILES string of the molecule is COc1ccc(O)c(NC(=O)O)c1. The van der Waals surface area contributed by atoms with Gasteiger partial charge in [0.2, 0.25) is 0 Å². The molecule has 0 atom stereocenters. The number of rotatable bonds is 2. The van der Waals surface area contributed by atoms with Crippen LogP contribution in [0.5, 0.6) is 11.5 Å². The molecule has 1 rings (SSSR count). The van der Waals surface area contributed by atoms with Crippen LogP contribution in [0.2, 0.25) is 0 Å². The van der Waals surface area contributed by atoms with E-state index in [-0.39, 0.29) is 11.4 Å². The first-order valence-electron chi connectivity index (χ1n) is 3.50. The van der Waals surface area contributed by atoms with Crippen molar-refractivity contribution in [2.75, 3.05) is 12.4 Å². The maximum atomic E-state index is 10.3. The molecule has 0 saturated heterocycles. The van der Waals surface area contributed by atoms with Gasteiger partial charge in [-0.3, -0.25) is 5.32 Å². The van der Waals surface area contributed by atoms with Crippen molar-refractivity contribution in [3.05, 3.63) is 18.2 Å². The molecule has 0 bridgehead atoms. The highest BCUT2D eigenvalue weighted by molar-refractivity contribution is 5.85. The van der Waals surface area contributed by atoms with Crippen LogP contribution in [0.4, 0.5) is 10.5 Å². The molecule has 1 aromatic carbocycles. The number of aromatic hydroxyl groups is 1. The lowest BCUT2D eigenvalue weighted by molar-refractivity contribution is 0.209. The fourth-order valence-corrected chi connectivity index (χ4v) is 0.857. The van der Waals surface area contributed by atoms with Crippen molar-refractivity contribution in [2.45, 2.75) is 0 Å². The van der Waals surface area contributed by atoms with Gasteiger partial charge in [-0.15, -0.1) is 0 Å². The number of phenolic OH excluding ortho intramolecular Hbond substituents is 1. The first-order valence-corrected chi connectivity index (χ1v) is 3.50. The summed E-state index contributed by atoms with van der Waals surface area (Å²) in [6, 6.07) is 4.27. The van der Waals surface area contributed by atoms with Crippen LogP contribution in [0.1, 0.15) is 0 Å². The maximum absolute atomic E-state index is 10.3. The number of phenols is 1. The van der Waals surface area contributed by atoms with E-state index in [1.54, 1.807) is 0 Å². The molecule has 0 radical (unpaired) electrons. The van der Waals surface area contributed by atoms with Crippen LogP contribution in [-0.2, 0) is 0 Å². The lowest BCUT2D eigenvalue weighted by atomic mass is 10.3. The van der Waals surface area contributed by atoms with E-state index in [0.717, 1.165) is 0 Å². The number of hydrogen-bond donors (Lipinski definition) is 3. The summed E-state index contributed by atoms with van der Waals surface area (Å²) < 4.78 is 4.85. The predicted octanol–water partition coefficient (Wildman–Crippen LogP) is 1.49. The minimum atomic E-state index is -1.23. The summed E-state index contributed by atoms with van der Waals surface area (Å²) >= 11 is 0. The maximum Gasteiger partial charge on any atom is 0.409 e. The molecule has 0 heterocycles. The Morgan fingerprint density at radius 3 is 2.77 bits per heavy atom. The van der Waals surface area contributed by atoms with Gasteiger partial charge >= 0.3 is 6.09 Å². The lowest BCUT2D eigenvalue weighted by Gasteiger charge is -2.05. The van der Waals surface area contributed by atoms with Crippen LogP contribution in [0, 0.1) is 0 Å². The van der Waals surface area contributed by atoms with Crippen LogP contribution in [0.25, 0.3) is 0 Å². The normalized spacial score (nSPS) is 9.31. The number of nitrogens with one attached hydrogen (secondary N) is 1. The first-order chi connectivity index (χ1) is 6.13. The summed E-state index contributed by atoms with van der Waals surface area (Å²) in [5.41, 5.74) is 0.104. The number of benzene rings is 1. The highest BCUT2D eigenvalue weighted by atomic mass is 16.5. The third kappa shape index (κ3) is 2.26. The van der Waals surface area contributed by atoms with Crippen LogP contribution in [-0.4, -0.2) is 23.4 Å². The molecule has 0 unspecified atom stereocenters. The van der Waals surface area contributed by atoms with Crippen LogP contribution < -0.4 is 10.1 Å². The Kier molecular flexibility index (Phi) is 2.59. The van der Waals surface area contributed by atoms with E-state index in [9.17, 15) is 9.90 Å². The van der Waals surface area contributed by atoms with E-state index in [4.69, 9.17) is 9.84 Å². The largest absolute Gasteiger partial charge is 0.506 e. The third-order valence-corrected chi connectivity index (χ3v) is 1.45. The monoisotopic (exact) mass is 183 g/mol. The molecular weight excluding hydrogens is 174 g/mol. The van der Waals surface area contributed by atoms with E-state index in [1.807, 2.05) is 5.32 Å². The molecule has 0 fully saturated rings. The van der Waals surface area contributed by atoms with Crippen molar-refractivity contribution in [3.8, 4) is 11.5 Å². The summed E-state index contributed by atoms with van der Waals surface area (Å²) in [4.78, 5) is 10.3. The molecule has 1 amide bonds. The standard InChI is InChI=1S/C8H9NO4/c1-13-5-2-3-7(10)6(4-5)9-8(11)12/h2-4,9-10H,1H3,(H,11,12). The molecule has 0 saturated carbocycles. The molecule has 5 nitrogen and oxygen atoms in total. The van der Waals surface area contributed by atoms with Crippen LogP contribution >= 0.6 is 0 Å². The Morgan fingerprint density at radius 1 is 1.54 bits per heavy atom. The molecule has 0 aromatic heterocycles. The van der Waals surface area contributed by atoms with Crippen molar-refractivity contribution in [3.63, 3.8) is 0 Å². The Balaban J connectivity index is 2.96. The summed E-state index contributed by atoms with van der Waals surface area (Å²) in [5, 5.41) is 19.6. The second-order valence-corrected chi connectivity index (χ2v) is 2.31. The molecule has 0 aliphatic rings. The molecule has 0 aliphatic heterocycles. The van der Waals surface area contributed by atoms with Crippen molar-refractivity contribution in [1.82, 2.24) is 0 Å². The van der Waals surface area contributed by atoms with E-state index in [2.05, 4.69) is 0 Å². The number of amides is 1. The summed E-state index contributed by atoms with van der Waals surface area (Å²) in [5.74, 6) is 0.338. The zero-order valence-electron chi connectivity index (χ0n) is 6.94. The number of methoxy groups -OCH3 is 1. The molecule has 70 valence electrons. The smallest absolute Gasteiger partial charge is 0.409 e. The average Bonchev–Trinajstić information content (AvgIpc) is 2.08. The van der Waals surface area contributed by atoms with Gasteiger partial charge in [0.15, 0.2) is 0 Å². The Labute approximate surface area is 74.6 Å². The molecule has 1 aromatic rings. The molecular formula is C8H9NO4. The van der Waals surface area contributed by atoms with Gasteiger partial charge in [-0.25, -0.2) is 4.79 Å². The fourth-order valence-electron chi connectivity index (χ4n) is 0.857. The van der Waals surface area contributed by atoms with Gasteiger partial charge in [0, 0.05) is 6.07 Å². The number of carbonyl (C=O) groups is 1. The Hall–Kier alpha value is -1.91. The number of carboxylic acid groups (broad SMARTS) is 1. The highest BCUT2D eigenvalue weighted by Gasteiger charge is 2.05. The fraction of sp³-hybridized carbons (Fsp3) is 0.125. The van der Waals surface area contributed by atoms with E-state index in [0.29, 0.717) is 5.75 Å². The molecule has 0 spiro atoms. The quantitative estimate of drug-likeness (QED) is 0.607. The lowest BCUT2D eigenvalue weighted by Crippen LogP contribution is -2.07. The molecule has 0 aliphatic carbocycles. The second-order valence-electron chi connectivity index (χ2n) is 2.31. The first kappa shape index (κ1) is 9.18. The van der Waals surface area contributed by atoms with Gasteiger partial charge in [-0.05, 0) is 12.1 Å². The van der Waals surface area contributed by atoms with Gasteiger partial charge in [0.05, 0.1) is 12.8 Å². The Bertz CT molecular complexity index is 324. The van der Waals surface area contributed by atoms with Crippen molar-refractivity contribution < 1.29 is 19.7 Å². The van der Waals surface area contributed by atoms with Crippen molar-refractivity contribution >= 4 is 11.8 Å². The van der Waals surface area contributed by atoms with Gasteiger partial charge < -0.3 is 14.9 Å². The average molecular weight is 183 g/mol. The minimum Gasteiger partial charge on any atom is -0.506 e. The van der Waals surface area contributed by atoms with Crippen LogP contribution in [0.3, 0.4) is 0 Å². The number of hydrogen-bond acceptors (Lipinski definition) is 3. The van der Waals surface area contributed by atoms with Gasteiger partial charge in [-0.1, -0.05) is 0 Å². The predicted molar refractivity (Wildman–Crippen MR) is 46.3 cm³/mol. The van der Waals surface area contributed by atoms with Crippen molar-refractivity contribution in [2.24, 2.45) is 0 Å². The van der Waals surface area contributed by atoms with Crippen LogP contribution in [0.15, 0.2) is 18.2 Å². The zero-order valence-corrected chi connectivity index (χ0v) is 6.94. The summed E-state index contributed by atoms with van der Waals surface area (Å²) in [7, 11) is 1.46. The van der Waals surface area contributed by atoms with E-state index < -0.39 is 6.09 Å². The Morgan fingerprint density at radius 2 is 2.23 bits per heavy atom. The minimum absolute atomic E-state index is 0.104. The van der Waals surface area contributed by atoms with E-state index in [1.165, 1.54) is 25.3 Å². The van der Waals surface area contributed by atoms with Gasteiger partial charge in [-0.2, -0.15) is 0 Å². The highest BCUT2D eigenvalue weighted by Crippen LogP contribution is 2.27. The third-order valence-electron chi connectivity index (χ3n) is 1.45. The van der Waals surface area contributed by atoms with Gasteiger partial charge in [0.1, 0.15) is 11.5 Å².